The lowest BCUT2D eigenvalue weighted by atomic mass is 10.3. The van der Waals surface area contributed by atoms with Gasteiger partial charge in [0.2, 0.25) is 5.95 Å². The Balaban J connectivity index is 1.76. The van der Waals surface area contributed by atoms with Crippen LogP contribution in [0, 0.1) is 0 Å². The lowest BCUT2D eigenvalue weighted by Crippen LogP contribution is -2.26. The summed E-state index contributed by atoms with van der Waals surface area (Å²) in [5.41, 5.74) is 11.7. The molecule has 0 radical (unpaired) electrons. The van der Waals surface area contributed by atoms with Gasteiger partial charge in [0, 0.05) is 34.3 Å². The van der Waals surface area contributed by atoms with Crippen LogP contribution in [-0.2, 0) is 13.1 Å². The van der Waals surface area contributed by atoms with Gasteiger partial charge in [-0.15, -0.1) is 11.3 Å². The van der Waals surface area contributed by atoms with Crippen LogP contribution in [0.3, 0.4) is 0 Å². The minimum Gasteiger partial charge on any atom is -0.368 e. The Kier molecular flexibility index (Phi) is 5.00. The lowest BCUT2D eigenvalue weighted by molar-refractivity contribution is 0.604. The van der Waals surface area contributed by atoms with E-state index in [1.54, 1.807) is 12.4 Å². The highest BCUT2D eigenvalue weighted by molar-refractivity contribution is 7.15. The van der Waals surface area contributed by atoms with Crippen LogP contribution >= 0.6 is 11.3 Å². The molecule has 0 aliphatic carbocycles. The first kappa shape index (κ1) is 17.0. The van der Waals surface area contributed by atoms with E-state index in [-0.39, 0.29) is 24.7 Å². The molecule has 130 valence electrons. The monoisotopic (exact) mass is 361 g/mol. The summed E-state index contributed by atoms with van der Waals surface area (Å²) in [5, 5.41) is 4.00. The third-order valence-electron chi connectivity index (χ3n) is 3.51. The van der Waals surface area contributed by atoms with Crippen molar-refractivity contribution < 1.29 is 4.39 Å². The molecule has 0 saturated carbocycles. The maximum atomic E-state index is 12.6. The molecule has 0 saturated heterocycles. The number of halogens is 1. The average Bonchev–Trinajstić information content (AvgIpc) is 3.22. The molecule has 0 atom stereocenters. The summed E-state index contributed by atoms with van der Waals surface area (Å²) in [6, 6.07) is 3.86. The minimum atomic E-state index is -0.321. The highest BCUT2D eigenvalue weighted by Crippen LogP contribution is 2.27. The summed E-state index contributed by atoms with van der Waals surface area (Å²) in [5.74, 6) is 0.221. The zero-order valence-electron chi connectivity index (χ0n) is 13.2. The predicted octanol–water partition coefficient (Wildman–Crippen LogP) is 1.01. The van der Waals surface area contributed by atoms with Crippen LogP contribution in [0.1, 0.15) is 4.88 Å². The Morgan fingerprint density at radius 2 is 2.08 bits per heavy atom. The molecule has 3 aromatic rings. The van der Waals surface area contributed by atoms with E-state index in [0.29, 0.717) is 18.4 Å². The highest BCUT2D eigenvalue weighted by Gasteiger charge is 2.10. The second-order valence-corrected chi connectivity index (χ2v) is 6.43. The maximum absolute atomic E-state index is 12.6. The normalized spacial score (nSPS) is 11.8. The van der Waals surface area contributed by atoms with Crippen molar-refractivity contribution in [3.8, 4) is 10.4 Å². The number of nitrogens with two attached hydrogens (primary N) is 2. The molecule has 25 heavy (non-hydrogen) atoms. The van der Waals surface area contributed by atoms with E-state index in [0.717, 1.165) is 15.3 Å². The van der Waals surface area contributed by atoms with E-state index in [4.69, 9.17) is 11.5 Å². The van der Waals surface area contributed by atoms with Crippen molar-refractivity contribution in [3.63, 3.8) is 0 Å². The lowest BCUT2D eigenvalue weighted by Gasteiger charge is -2.01. The summed E-state index contributed by atoms with van der Waals surface area (Å²) >= 11 is 1.52. The largest absolute Gasteiger partial charge is 0.368 e. The Bertz CT molecular complexity index is 941. The maximum Gasteiger partial charge on any atom is 0.346 e. The molecule has 0 aromatic carbocycles. The Labute approximate surface area is 146 Å². The van der Waals surface area contributed by atoms with Gasteiger partial charge in [-0.2, -0.15) is 5.10 Å². The molecular formula is C15H16FN7OS. The van der Waals surface area contributed by atoms with Gasteiger partial charge in [-0.25, -0.2) is 23.8 Å². The van der Waals surface area contributed by atoms with Crippen LogP contribution < -0.4 is 17.2 Å². The molecule has 10 heteroatoms. The van der Waals surface area contributed by atoms with Crippen LogP contribution in [0.15, 0.2) is 47.6 Å². The number of aromatic nitrogens is 5. The van der Waals surface area contributed by atoms with Crippen molar-refractivity contribution in [2.75, 3.05) is 12.3 Å². The molecule has 0 amide bonds. The van der Waals surface area contributed by atoms with Gasteiger partial charge in [-0.1, -0.05) is 0 Å². The van der Waals surface area contributed by atoms with Gasteiger partial charge in [-0.05, 0) is 17.7 Å². The van der Waals surface area contributed by atoms with Crippen LogP contribution in [0.5, 0.6) is 0 Å². The molecule has 3 heterocycles. The van der Waals surface area contributed by atoms with Crippen LogP contribution in [0.2, 0.25) is 0 Å². The van der Waals surface area contributed by atoms with E-state index in [2.05, 4.69) is 15.1 Å². The smallest absolute Gasteiger partial charge is 0.346 e. The van der Waals surface area contributed by atoms with E-state index >= 15 is 0 Å². The number of anilines is 1. The van der Waals surface area contributed by atoms with Gasteiger partial charge in [0.15, 0.2) is 0 Å². The topological polar surface area (TPSA) is 118 Å². The molecule has 3 rings (SSSR count). The second-order valence-electron chi connectivity index (χ2n) is 5.27. The first-order valence-corrected chi connectivity index (χ1v) is 8.19. The first-order valence-electron chi connectivity index (χ1n) is 7.37. The molecular weight excluding hydrogens is 345 g/mol. The molecule has 0 bridgehead atoms. The van der Waals surface area contributed by atoms with Crippen molar-refractivity contribution >= 4 is 17.3 Å². The van der Waals surface area contributed by atoms with Gasteiger partial charge in [0.25, 0.3) is 0 Å². The van der Waals surface area contributed by atoms with Crippen LogP contribution in [0.4, 0.5) is 10.3 Å². The number of hydrogen-bond donors (Lipinski definition) is 2. The van der Waals surface area contributed by atoms with Gasteiger partial charge >= 0.3 is 5.69 Å². The summed E-state index contributed by atoms with van der Waals surface area (Å²) in [6.07, 6.45) is 5.14. The van der Waals surface area contributed by atoms with E-state index in [1.807, 2.05) is 12.1 Å². The molecule has 0 aliphatic rings. The zero-order valence-corrected chi connectivity index (χ0v) is 14.0. The van der Waals surface area contributed by atoms with Crippen molar-refractivity contribution in [1.29, 1.82) is 0 Å². The average molecular weight is 361 g/mol. The Hall–Kier alpha value is -2.85. The quantitative estimate of drug-likeness (QED) is 0.676. The number of nitrogen functional groups attached to an aromatic ring is 1. The molecule has 0 fully saturated rings. The summed E-state index contributed by atoms with van der Waals surface area (Å²) in [4.78, 5) is 22.2. The Morgan fingerprint density at radius 3 is 2.76 bits per heavy atom. The summed E-state index contributed by atoms with van der Waals surface area (Å²) in [6.45, 7) is 0.446. The third-order valence-corrected chi connectivity index (χ3v) is 4.63. The van der Waals surface area contributed by atoms with E-state index < -0.39 is 0 Å². The fourth-order valence-electron chi connectivity index (χ4n) is 2.18. The van der Waals surface area contributed by atoms with Crippen molar-refractivity contribution in [2.45, 2.75) is 13.1 Å². The fraction of sp³-hybridized carbons (Fsp3) is 0.200. The number of rotatable bonds is 6. The molecule has 0 spiro atoms. The number of hydrogen-bond acceptors (Lipinski definition) is 7. The number of thiophene rings is 1. The standard InChI is InChI=1S/C15H16FN7OS/c16-3-10(4-17)7-23-15(24)22(9-21-23)8-12-1-2-13(25-12)11-5-19-14(18)20-6-11/h1-3,5-6,9H,4,7-8,17H2,(H2,18,19,20)/b10-3+. The van der Waals surface area contributed by atoms with Crippen molar-refractivity contribution in [3.05, 3.63) is 58.1 Å². The first-order chi connectivity index (χ1) is 12.1. The minimum absolute atomic E-state index is 0.0355. The Morgan fingerprint density at radius 1 is 1.32 bits per heavy atom. The third kappa shape index (κ3) is 3.80. The molecule has 3 aromatic heterocycles. The van der Waals surface area contributed by atoms with Gasteiger partial charge in [-0.3, -0.25) is 4.57 Å². The van der Waals surface area contributed by atoms with Crippen LogP contribution in [-0.4, -0.2) is 30.9 Å². The van der Waals surface area contributed by atoms with Crippen LogP contribution in [0.25, 0.3) is 10.4 Å². The summed E-state index contributed by atoms with van der Waals surface area (Å²) in [7, 11) is 0. The number of nitrogens with zero attached hydrogens (tertiary/aromatic N) is 5. The van der Waals surface area contributed by atoms with Crippen molar-refractivity contribution in [1.82, 2.24) is 24.3 Å². The van der Waals surface area contributed by atoms with Gasteiger partial charge in [0.1, 0.15) is 6.33 Å². The fourth-order valence-corrected chi connectivity index (χ4v) is 3.16. The molecule has 8 nitrogen and oxygen atoms in total. The predicted molar refractivity (Wildman–Crippen MR) is 93.6 cm³/mol. The van der Waals surface area contributed by atoms with Gasteiger partial charge < -0.3 is 11.5 Å². The van der Waals surface area contributed by atoms with E-state index in [9.17, 15) is 9.18 Å². The molecule has 0 aliphatic heterocycles. The van der Waals surface area contributed by atoms with Gasteiger partial charge in [0.05, 0.1) is 19.4 Å². The zero-order chi connectivity index (χ0) is 17.8. The molecule has 4 N–H and O–H groups in total. The van der Waals surface area contributed by atoms with Crippen molar-refractivity contribution in [2.24, 2.45) is 5.73 Å². The summed E-state index contributed by atoms with van der Waals surface area (Å²) < 4.78 is 15.3. The highest BCUT2D eigenvalue weighted by atomic mass is 32.1. The molecule has 0 unspecified atom stereocenters. The SMILES string of the molecule is NC/C(=C\F)Cn1ncn(Cc2ccc(-c3cnc(N)nc3)s2)c1=O. The second kappa shape index (κ2) is 7.36. The van der Waals surface area contributed by atoms with E-state index in [1.165, 1.54) is 26.9 Å².